The molecule has 0 aliphatic heterocycles. The third-order valence-corrected chi connectivity index (χ3v) is 7.41. The second-order valence-electron chi connectivity index (χ2n) is 5.78. The number of thiazole rings is 1. The van der Waals surface area contributed by atoms with Crippen molar-refractivity contribution in [2.75, 3.05) is 4.72 Å². The summed E-state index contributed by atoms with van der Waals surface area (Å²) in [5.74, 6) is 0. The van der Waals surface area contributed by atoms with Gasteiger partial charge in [0, 0.05) is 22.1 Å². The third kappa shape index (κ3) is 3.38. The van der Waals surface area contributed by atoms with Crippen molar-refractivity contribution in [3.05, 3.63) is 51.1 Å². The van der Waals surface area contributed by atoms with Gasteiger partial charge in [0.25, 0.3) is 10.0 Å². The van der Waals surface area contributed by atoms with E-state index in [9.17, 15) is 8.42 Å². The van der Waals surface area contributed by atoms with Crippen LogP contribution in [0.4, 0.5) is 5.69 Å². The Morgan fingerprint density at radius 3 is 2.48 bits per heavy atom. The van der Waals surface area contributed by atoms with E-state index in [0.717, 1.165) is 21.3 Å². The number of aryl methyl sites for hydroxylation is 2. The molecule has 0 unspecified atom stereocenters. The highest BCUT2D eigenvalue weighted by molar-refractivity contribution is 9.10. The quantitative estimate of drug-likeness (QED) is 0.643. The number of hydrogen-bond donors (Lipinski definition) is 1. The normalized spacial score (nSPS) is 11.7. The molecule has 1 aromatic carbocycles. The third-order valence-electron chi connectivity index (χ3n) is 4.14. The minimum Gasteiger partial charge on any atom is -0.345 e. The first-order valence-electron chi connectivity index (χ1n) is 7.59. The Morgan fingerprint density at radius 2 is 1.88 bits per heavy atom. The fourth-order valence-corrected chi connectivity index (χ4v) is 5.33. The number of nitrogens with zero attached hydrogens (tertiary/aromatic N) is 2. The van der Waals surface area contributed by atoms with Crippen molar-refractivity contribution >= 4 is 43.0 Å². The molecule has 0 radical (unpaired) electrons. The van der Waals surface area contributed by atoms with E-state index in [2.05, 4.69) is 25.6 Å². The molecule has 0 spiro atoms. The van der Waals surface area contributed by atoms with Crippen LogP contribution in [0.25, 0.3) is 10.7 Å². The molecule has 0 saturated carbocycles. The number of rotatable bonds is 4. The fourth-order valence-electron chi connectivity index (χ4n) is 2.47. The van der Waals surface area contributed by atoms with Crippen LogP contribution in [-0.2, 0) is 17.1 Å². The zero-order chi connectivity index (χ0) is 18.4. The van der Waals surface area contributed by atoms with E-state index in [0.29, 0.717) is 15.9 Å². The Labute approximate surface area is 159 Å². The Morgan fingerprint density at radius 1 is 1.20 bits per heavy atom. The summed E-state index contributed by atoms with van der Waals surface area (Å²) in [7, 11) is -1.85. The molecule has 3 rings (SSSR count). The molecule has 1 N–H and O–H groups in total. The molecule has 0 aliphatic rings. The molecule has 0 amide bonds. The van der Waals surface area contributed by atoms with E-state index in [-0.39, 0.29) is 4.90 Å². The highest BCUT2D eigenvalue weighted by Crippen LogP contribution is 2.33. The van der Waals surface area contributed by atoms with Gasteiger partial charge < -0.3 is 4.57 Å². The molecule has 0 atom stereocenters. The summed E-state index contributed by atoms with van der Waals surface area (Å²) in [6.07, 6.45) is 0. The smallest absolute Gasteiger partial charge is 0.263 e. The van der Waals surface area contributed by atoms with Gasteiger partial charge in [-0.3, -0.25) is 4.72 Å². The molecule has 0 bridgehead atoms. The van der Waals surface area contributed by atoms with Crippen LogP contribution in [0.15, 0.2) is 39.7 Å². The SMILES string of the molecule is Cc1nc(-c2cc(S(=O)(=O)Nc3ccccc3Br)c(C)n2C)sc1C. The van der Waals surface area contributed by atoms with Crippen molar-refractivity contribution < 1.29 is 8.42 Å². The maximum atomic E-state index is 12.9. The lowest BCUT2D eigenvalue weighted by Gasteiger charge is -2.09. The second kappa shape index (κ2) is 6.59. The van der Waals surface area contributed by atoms with Gasteiger partial charge in [-0.25, -0.2) is 13.4 Å². The summed E-state index contributed by atoms with van der Waals surface area (Å²) in [6, 6.07) is 8.82. The molecule has 2 heterocycles. The van der Waals surface area contributed by atoms with E-state index < -0.39 is 10.0 Å². The van der Waals surface area contributed by atoms with Crippen LogP contribution in [0.5, 0.6) is 0 Å². The fraction of sp³-hybridized carbons (Fsp3) is 0.235. The van der Waals surface area contributed by atoms with Crippen molar-refractivity contribution in [1.29, 1.82) is 0 Å². The summed E-state index contributed by atoms with van der Waals surface area (Å²) in [6.45, 7) is 5.77. The molecule has 5 nitrogen and oxygen atoms in total. The highest BCUT2D eigenvalue weighted by Gasteiger charge is 2.24. The van der Waals surface area contributed by atoms with Crippen LogP contribution >= 0.6 is 27.3 Å². The van der Waals surface area contributed by atoms with E-state index in [1.54, 1.807) is 42.5 Å². The van der Waals surface area contributed by atoms with Gasteiger partial charge in [-0.2, -0.15) is 0 Å². The Hall–Kier alpha value is -1.64. The first kappa shape index (κ1) is 18.2. The summed E-state index contributed by atoms with van der Waals surface area (Å²) in [5.41, 5.74) is 2.94. The van der Waals surface area contributed by atoms with Crippen LogP contribution < -0.4 is 4.72 Å². The number of halogens is 1. The molecule has 0 fully saturated rings. The molecule has 3 aromatic rings. The molecular formula is C17H18BrN3O2S2. The van der Waals surface area contributed by atoms with Crippen molar-refractivity contribution in [3.63, 3.8) is 0 Å². The number of sulfonamides is 1. The summed E-state index contributed by atoms with van der Waals surface area (Å²) >= 11 is 4.93. The standard InChI is InChI=1S/C17H18BrN3O2S2/c1-10-12(3)24-17(19-10)15-9-16(11(2)21(15)4)25(22,23)20-14-8-6-5-7-13(14)18/h5-9,20H,1-4H3. The highest BCUT2D eigenvalue weighted by atomic mass is 79.9. The monoisotopic (exact) mass is 439 g/mol. The van der Waals surface area contributed by atoms with Gasteiger partial charge >= 0.3 is 0 Å². The zero-order valence-electron chi connectivity index (χ0n) is 14.3. The summed E-state index contributed by atoms with van der Waals surface area (Å²) < 4.78 is 31.0. The molecule has 2 aromatic heterocycles. The van der Waals surface area contributed by atoms with Crippen LogP contribution in [0, 0.1) is 20.8 Å². The van der Waals surface area contributed by atoms with Gasteiger partial charge in [0.15, 0.2) is 0 Å². The lowest BCUT2D eigenvalue weighted by Crippen LogP contribution is -2.14. The topological polar surface area (TPSA) is 64.0 Å². The largest absolute Gasteiger partial charge is 0.345 e. The lowest BCUT2D eigenvalue weighted by atomic mass is 10.3. The average molecular weight is 440 g/mol. The second-order valence-corrected chi connectivity index (χ2v) is 9.49. The Balaban J connectivity index is 2.05. The number of aromatic nitrogens is 2. The number of para-hydroxylation sites is 1. The molecule has 25 heavy (non-hydrogen) atoms. The van der Waals surface area contributed by atoms with Crippen LogP contribution in [0.1, 0.15) is 16.3 Å². The summed E-state index contributed by atoms with van der Waals surface area (Å²) in [4.78, 5) is 5.94. The predicted octanol–water partition coefficient (Wildman–Crippen LogP) is 4.64. The van der Waals surface area contributed by atoms with Crippen LogP contribution in [0.3, 0.4) is 0 Å². The van der Waals surface area contributed by atoms with Crippen LogP contribution in [-0.4, -0.2) is 18.0 Å². The van der Waals surface area contributed by atoms with E-state index in [4.69, 9.17) is 0 Å². The summed E-state index contributed by atoms with van der Waals surface area (Å²) in [5, 5.41) is 0.822. The molecule has 0 saturated heterocycles. The van der Waals surface area contributed by atoms with Crippen molar-refractivity contribution in [1.82, 2.24) is 9.55 Å². The van der Waals surface area contributed by atoms with Crippen molar-refractivity contribution in [2.45, 2.75) is 25.7 Å². The minimum absolute atomic E-state index is 0.256. The van der Waals surface area contributed by atoms with E-state index >= 15 is 0 Å². The lowest BCUT2D eigenvalue weighted by molar-refractivity contribution is 0.600. The minimum atomic E-state index is -3.70. The molecular weight excluding hydrogens is 422 g/mol. The first-order chi connectivity index (χ1) is 11.7. The maximum absolute atomic E-state index is 12.9. The number of hydrogen-bond acceptors (Lipinski definition) is 4. The number of nitrogens with one attached hydrogen (secondary N) is 1. The van der Waals surface area contributed by atoms with E-state index in [1.165, 1.54) is 0 Å². The predicted molar refractivity (Wildman–Crippen MR) is 106 cm³/mol. The molecule has 8 heteroatoms. The average Bonchev–Trinajstić information content (AvgIpc) is 3.03. The number of anilines is 1. The molecule has 132 valence electrons. The van der Waals surface area contributed by atoms with Gasteiger partial charge in [0.1, 0.15) is 9.90 Å². The molecule has 0 aliphatic carbocycles. The first-order valence-corrected chi connectivity index (χ1v) is 10.7. The number of benzene rings is 1. The van der Waals surface area contributed by atoms with Crippen molar-refractivity contribution in [3.8, 4) is 10.7 Å². The van der Waals surface area contributed by atoms with Gasteiger partial charge in [-0.15, -0.1) is 11.3 Å². The van der Waals surface area contributed by atoms with Gasteiger partial charge in [-0.05, 0) is 54.9 Å². The van der Waals surface area contributed by atoms with Gasteiger partial charge in [0.2, 0.25) is 0 Å². The van der Waals surface area contributed by atoms with Crippen molar-refractivity contribution in [2.24, 2.45) is 7.05 Å². The Bertz CT molecular complexity index is 1030. The van der Waals surface area contributed by atoms with Crippen LogP contribution in [0.2, 0.25) is 0 Å². The van der Waals surface area contributed by atoms with E-state index in [1.807, 2.05) is 31.5 Å². The van der Waals surface area contributed by atoms with Gasteiger partial charge in [-0.1, -0.05) is 12.1 Å². The maximum Gasteiger partial charge on any atom is 0.263 e. The Kier molecular flexibility index (Phi) is 4.78. The van der Waals surface area contributed by atoms with Gasteiger partial charge in [0.05, 0.1) is 17.1 Å². The zero-order valence-corrected chi connectivity index (χ0v) is 17.5.